The molecule has 0 bridgehead atoms. The summed E-state index contributed by atoms with van der Waals surface area (Å²) in [5, 5.41) is 1.10. The molecule has 0 spiro atoms. The van der Waals surface area contributed by atoms with E-state index in [1.807, 2.05) is 12.1 Å². The number of hydrogen-bond donors (Lipinski definition) is 0. The van der Waals surface area contributed by atoms with Crippen molar-refractivity contribution in [1.29, 1.82) is 0 Å². The highest BCUT2D eigenvalue weighted by Gasteiger charge is 2.34. The Balaban J connectivity index is 1.62. The number of halogens is 7. The molecule has 37 heavy (non-hydrogen) atoms. The summed E-state index contributed by atoms with van der Waals surface area (Å²) < 4.78 is 99.0. The third kappa shape index (κ3) is 6.06. The number of ether oxygens (including phenoxy) is 1. The van der Waals surface area contributed by atoms with Crippen molar-refractivity contribution in [2.45, 2.75) is 45.4 Å². The van der Waals surface area contributed by atoms with Crippen molar-refractivity contribution in [3.8, 4) is 28.0 Å². The molecule has 194 valence electrons. The average molecular weight is 520 g/mol. The lowest BCUT2D eigenvalue weighted by atomic mass is 9.95. The lowest BCUT2D eigenvalue weighted by Crippen LogP contribution is -2.19. The molecular weight excluding hydrogens is 497 g/mol. The van der Waals surface area contributed by atoms with Crippen LogP contribution in [0.5, 0.6) is 5.75 Å². The number of fused-ring (bicyclic) bond motifs is 1. The molecule has 0 aliphatic rings. The summed E-state index contributed by atoms with van der Waals surface area (Å²) in [5.74, 6) is -6.37. The summed E-state index contributed by atoms with van der Waals surface area (Å²) in [6, 6.07) is 13.5. The fourth-order valence-corrected chi connectivity index (χ4v) is 4.32. The van der Waals surface area contributed by atoms with Gasteiger partial charge in [-0.15, -0.1) is 13.2 Å². The van der Waals surface area contributed by atoms with Gasteiger partial charge in [0.25, 0.3) is 0 Å². The van der Waals surface area contributed by atoms with E-state index in [0.29, 0.717) is 17.5 Å². The monoisotopic (exact) mass is 520 g/mol. The maximum atomic E-state index is 15.4. The molecular formula is C29H23F7O. The zero-order chi connectivity index (χ0) is 26.7. The lowest BCUT2D eigenvalue weighted by Gasteiger charge is -2.13. The Morgan fingerprint density at radius 1 is 0.676 bits per heavy atom. The first-order valence-corrected chi connectivity index (χ1v) is 11.8. The number of aryl methyl sites for hydroxylation is 1. The molecule has 0 saturated heterocycles. The lowest BCUT2D eigenvalue weighted by molar-refractivity contribution is -0.276. The third-order valence-corrected chi connectivity index (χ3v) is 6.14. The molecule has 0 amide bonds. The predicted octanol–water partition coefficient (Wildman–Crippen LogP) is 9.75. The third-order valence-electron chi connectivity index (χ3n) is 6.14. The summed E-state index contributed by atoms with van der Waals surface area (Å²) in [6.07, 6.45) is 0.102. The Morgan fingerprint density at radius 2 is 1.35 bits per heavy atom. The van der Waals surface area contributed by atoms with Crippen LogP contribution >= 0.6 is 0 Å². The second-order valence-corrected chi connectivity index (χ2v) is 8.80. The van der Waals surface area contributed by atoms with Crippen LogP contribution in [-0.4, -0.2) is 6.36 Å². The number of alkyl halides is 3. The summed E-state index contributed by atoms with van der Waals surface area (Å²) in [6.45, 7) is 2.14. The highest BCUT2D eigenvalue weighted by atomic mass is 19.4. The first kappa shape index (κ1) is 26.5. The molecule has 0 saturated carbocycles. The van der Waals surface area contributed by atoms with Crippen molar-refractivity contribution in [3.05, 3.63) is 89.5 Å². The molecule has 0 heterocycles. The summed E-state index contributed by atoms with van der Waals surface area (Å²) >= 11 is 0. The minimum atomic E-state index is -5.30. The standard InChI is InChI=1S/C29H23F7O/c1-2-3-4-5-6-17-7-10-22-18(13-17)9-12-23(27(22)33)19-8-11-21(24(30)14-19)20-15-25(31)28(26(32)16-20)37-29(34,35)36/h7-16H,2-6H2,1H3. The second kappa shape index (κ2) is 10.8. The average Bonchev–Trinajstić information content (AvgIpc) is 2.83. The van der Waals surface area contributed by atoms with Gasteiger partial charge in [-0.1, -0.05) is 68.7 Å². The normalized spacial score (nSPS) is 11.8. The predicted molar refractivity (Wildman–Crippen MR) is 129 cm³/mol. The SMILES string of the molecule is CCCCCCc1ccc2c(F)c(-c3ccc(-c4cc(F)c(OC(F)(F)F)c(F)c4)c(F)c3)ccc2c1. The Kier molecular flexibility index (Phi) is 7.76. The van der Waals surface area contributed by atoms with Crippen LogP contribution < -0.4 is 4.74 Å². The zero-order valence-corrected chi connectivity index (χ0v) is 19.9. The Morgan fingerprint density at radius 3 is 2.00 bits per heavy atom. The first-order chi connectivity index (χ1) is 17.6. The van der Waals surface area contributed by atoms with Crippen molar-refractivity contribution < 1.29 is 35.5 Å². The maximum Gasteiger partial charge on any atom is 0.573 e. The van der Waals surface area contributed by atoms with Gasteiger partial charge in [0.15, 0.2) is 11.6 Å². The van der Waals surface area contributed by atoms with Crippen LogP contribution in [0.4, 0.5) is 30.7 Å². The first-order valence-electron chi connectivity index (χ1n) is 11.8. The fraction of sp³-hybridized carbons (Fsp3) is 0.241. The summed E-state index contributed by atoms with van der Waals surface area (Å²) in [5.41, 5.74) is 0.840. The van der Waals surface area contributed by atoms with E-state index >= 15 is 4.39 Å². The molecule has 4 aromatic rings. The number of unbranched alkanes of at least 4 members (excludes halogenated alkanes) is 3. The Hall–Kier alpha value is -3.55. The van der Waals surface area contributed by atoms with Crippen molar-refractivity contribution >= 4 is 10.8 Å². The van der Waals surface area contributed by atoms with Gasteiger partial charge in [0.2, 0.25) is 5.75 Å². The van der Waals surface area contributed by atoms with Gasteiger partial charge in [0, 0.05) is 16.5 Å². The molecule has 0 aromatic heterocycles. The van der Waals surface area contributed by atoms with E-state index < -0.39 is 35.4 Å². The molecule has 0 aliphatic heterocycles. The highest BCUT2D eigenvalue weighted by molar-refractivity contribution is 5.89. The van der Waals surface area contributed by atoms with Crippen LogP contribution in [0.2, 0.25) is 0 Å². The quantitative estimate of drug-likeness (QED) is 0.166. The van der Waals surface area contributed by atoms with Gasteiger partial charge < -0.3 is 4.74 Å². The van der Waals surface area contributed by atoms with Gasteiger partial charge in [-0.25, -0.2) is 17.6 Å². The van der Waals surface area contributed by atoms with Crippen LogP contribution in [0.15, 0.2) is 60.7 Å². The van der Waals surface area contributed by atoms with Crippen LogP contribution in [0.25, 0.3) is 33.0 Å². The highest BCUT2D eigenvalue weighted by Crippen LogP contribution is 2.36. The van der Waals surface area contributed by atoms with Crippen molar-refractivity contribution in [1.82, 2.24) is 0 Å². The van der Waals surface area contributed by atoms with E-state index in [1.54, 1.807) is 12.1 Å². The maximum absolute atomic E-state index is 15.4. The van der Waals surface area contributed by atoms with Crippen molar-refractivity contribution in [2.24, 2.45) is 0 Å². The van der Waals surface area contributed by atoms with Crippen molar-refractivity contribution in [2.75, 3.05) is 0 Å². The molecule has 4 rings (SSSR count). The number of benzene rings is 4. The van der Waals surface area contributed by atoms with Gasteiger partial charge in [0.1, 0.15) is 11.6 Å². The van der Waals surface area contributed by atoms with E-state index in [4.69, 9.17) is 0 Å². The fourth-order valence-electron chi connectivity index (χ4n) is 4.32. The molecule has 0 N–H and O–H groups in total. The van der Waals surface area contributed by atoms with Gasteiger partial charge in [-0.2, -0.15) is 0 Å². The van der Waals surface area contributed by atoms with Gasteiger partial charge in [-0.05, 0) is 53.1 Å². The van der Waals surface area contributed by atoms with Crippen molar-refractivity contribution in [3.63, 3.8) is 0 Å². The van der Waals surface area contributed by atoms with E-state index in [2.05, 4.69) is 11.7 Å². The molecule has 0 unspecified atom stereocenters. The second-order valence-electron chi connectivity index (χ2n) is 8.80. The van der Waals surface area contributed by atoms with E-state index in [9.17, 15) is 26.3 Å². The molecule has 8 heteroatoms. The van der Waals surface area contributed by atoms with Crippen LogP contribution in [-0.2, 0) is 6.42 Å². The van der Waals surface area contributed by atoms with Crippen LogP contribution in [0.1, 0.15) is 38.2 Å². The van der Waals surface area contributed by atoms with Crippen LogP contribution in [0.3, 0.4) is 0 Å². The molecule has 0 atom stereocenters. The number of hydrogen-bond acceptors (Lipinski definition) is 1. The summed E-state index contributed by atoms with van der Waals surface area (Å²) in [4.78, 5) is 0. The minimum Gasteiger partial charge on any atom is -0.399 e. The number of rotatable bonds is 8. The molecule has 0 radical (unpaired) electrons. The topological polar surface area (TPSA) is 9.23 Å². The molecule has 0 fully saturated rings. The molecule has 4 aromatic carbocycles. The minimum absolute atomic E-state index is 0.139. The van der Waals surface area contributed by atoms with Gasteiger partial charge in [-0.3, -0.25) is 0 Å². The molecule has 1 nitrogen and oxygen atoms in total. The summed E-state index contributed by atoms with van der Waals surface area (Å²) in [7, 11) is 0. The molecule has 0 aliphatic carbocycles. The Bertz CT molecular complexity index is 1400. The smallest absolute Gasteiger partial charge is 0.399 e. The van der Waals surface area contributed by atoms with E-state index in [-0.39, 0.29) is 22.3 Å². The van der Waals surface area contributed by atoms with E-state index in [0.717, 1.165) is 42.7 Å². The van der Waals surface area contributed by atoms with Crippen LogP contribution in [0, 0.1) is 23.3 Å². The van der Waals surface area contributed by atoms with Gasteiger partial charge in [0.05, 0.1) is 0 Å². The van der Waals surface area contributed by atoms with Gasteiger partial charge >= 0.3 is 6.36 Å². The Labute approximate surface area is 209 Å². The largest absolute Gasteiger partial charge is 0.573 e. The zero-order valence-electron chi connectivity index (χ0n) is 19.9. The van der Waals surface area contributed by atoms with E-state index in [1.165, 1.54) is 24.6 Å².